The molecule has 19 heavy (non-hydrogen) atoms. The molecule has 0 saturated carbocycles. The van der Waals surface area contributed by atoms with E-state index < -0.39 is 17.0 Å². The zero-order valence-corrected chi connectivity index (χ0v) is 12.1. The van der Waals surface area contributed by atoms with E-state index in [0.717, 1.165) is 6.42 Å². The molecule has 1 unspecified atom stereocenters. The largest absolute Gasteiger partial charge is 0.444 e. The first-order valence-corrected chi connectivity index (χ1v) is 6.66. The lowest BCUT2D eigenvalue weighted by Crippen LogP contribution is -2.44. The normalized spacial score (nSPS) is 24.7. The van der Waals surface area contributed by atoms with Crippen molar-refractivity contribution in [1.29, 1.82) is 0 Å². The fourth-order valence-corrected chi connectivity index (χ4v) is 2.25. The molecule has 0 aromatic carbocycles. The molecule has 6 heteroatoms. The Balaban J connectivity index is 2.59. The molecular formula is C13H25N3O3. The molecule has 0 aromatic heterocycles. The third kappa shape index (κ3) is 5.46. The van der Waals surface area contributed by atoms with Crippen LogP contribution in [-0.4, -0.2) is 41.1 Å². The molecule has 0 spiro atoms. The minimum absolute atomic E-state index is 0.162. The number of amides is 2. The molecule has 1 atom stereocenters. The van der Waals surface area contributed by atoms with Crippen LogP contribution in [0.1, 0.15) is 46.5 Å². The van der Waals surface area contributed by atoms with Crippen molar-refractivity contribution in [1.82, 2.24) is 4.90 Å². The van der Waals surface area contributed by atoms with Crippen molar-refractivity contribution in [2.45, 2.75) is 57.6 Å². The number of nitrogens with two attached hydrogens (primary N) is 2. The average Bonchev–Trinajstić information content (AvgIpc) is 2.36. The molecule has 1 aliphatic rings. The number of hydrogen-bond acceptors (Lipinski definition) is 4. The Kier molecular flexibility index (Phi) is 4.79. The van der Waals surface area contributed by atoms with Crippen molar-refractivity contribution in [2.24, 2.45) is 11.5 Å². The second-order valence-electron chi connectivity index (χ2n) is 6.33. The molecule has 1 rings (SSSR count). The number of carbonyl (C=O) groups excluding carboxylic acids is 2. The first-order chi connectivity index (χ1) is 8.61. The van der Waals surface area contributed by atoms with E-state index in [1.165, 1.54) is 0 Å². The summed E-state index contributed by atoms with van der Waals surface area (Å²) in [6.45, 7) is 6.61. The van der Waals surface area contributed by atoms with Crippen molar-refractivity contribution in [2.75, 3.05) is 13.1 Å². The third-order valence-electron chi connectivity index (χ3n) is 3.16. The first kappa shape index (κ1) is 15.8. The predicted octanol–water partition coefficient (Wildman–Crippen LogP) is 0.980. The highest BCUT2D eigenvalue weighted by atomic mass is 16.6. The van der Waals surface area contributed by atoms with Gasteiger partial charge in [-0.2, -0.15) is 0 Å². The number of nitrogens with zero attached hydrogens (tertiary/aromatic N) is 1. The van der Waals surface area contributed by atoms with E-state index in [-0.39, 0.29) is 12.5 Å². The zero-order valence-electron chi connectivity index (χ0n) is 12.1. The van der Waals surface area contributed by atoms with E-state index in [1.807, 2.05) is 20.8 Å². The van der Waals surface area contributed by atoms with Crippen LogP contribution in [0.4, 0.5) is 4.79 Å². The topological polar surface area (TPSA) is 98.7 Å². The second-order valence-corrected chi connectivity index (χ2v) is 6.33. The highest BCUT2D eigenvalue weighted by molar-refractivity contribution is 5.75. The number of ether oxygens (including phenoxy) is 1. The van der Waals surface area contributed by atoms with Gasteiger partial charge >= 0.3 is 6.09 Å². The Morgan fingerprint density at radius 3 is 2.42 bits per heavy atom. The smallest absolute Gasteiger partial charge is 0.410 e. The van der Waals surface area contributed by atoms with Gasteiger partial charge in [0.15, 0.2) is 0 Å². The molecule has 6 nitrogen and oxygen atoms in total. The van der Waals surface area contributed by atoms with Crippen molar-refractivity contribution in [3.05, 3.63) is 0 Å². The fourth-order valence-electron chi connectivity index (χ4n) is 2.25. The minimum atomic E-state index is -0.595. The lowest BCUT2D eigenvalue weighted by Gasteiger charge is -2.28. The molecule has 4 N–H and O–H groups in total. The van der Waals surface area contributed by atoms with Gasteiger partial charge in [-0.3, -0.25) is 4.79 Å². The Hall–Kier alpha value is -1.30. The Morgan fingerprint density at radius 1 is 1.26 bits per heavy atom. The van der Waals surface area contributed by atoms with Gasteiger partial charge in [-0.25, -0.2) is 4.79 Å². The number of rotatable bonds is 2. The molecule has 2 amide bonds. The standard InChI is InChI=1S/C13H25N3O3/c1-12(2,3)19-11(18)16-7-4-5-13(15,6-8-16)9-10(14)17/h4-9,15H2,1-3H3,(H2,14,17). The van der Waals surface area contributed by atoms with Crippen LogP contribution >= 0.6 is 0 Å². The molecular weight excluding hydrogens is 246 g/mol. The van der Waals surface area contributed by atoms with E-state index in [9.17, 15) is 9.59 Å². The molecule has 1 heterocycles. The van der Waals surface area contributed by atoms with Crippen LogP contribution in [0.15, 0.2) is 0 Å². The van der Waals surface area contributed by atoms with Crippen LogP contribution in [-0.2, 0) is 9.53 Å². The first-order valence-electron chi connectivity index (χ1n) is 6.66. The van der Waals surface area contributed by atoms with Gasteiger partial charge in [0.25, 0.3) is 0 Å². The molecule has 0 aromatic rings. The number of carbonyl (C=O) groups is 2. The van der Waals surface area contributed by atoms with Gasteiger partial charge in [0.1, 0.15) is 5.60 Å². The van der Waals surface area contributed by atoms with Crippen LogP contribution < -0.4 is 11.5 Å². The van der Waals surface area contributed by atoms with E-state index in [4.69, 9.17) is 16.2 Å². The van der Waals surface area contributed by atoms with Crippen LogP contribution in [0.3, 0.4) is 0 Å². The van der Waals surface area contributed by atoms with Crippen molar-refractivity contribution in [3.8, 4) is 0 Å². The summed E-state index contributed by atoms with van der Waals surface area (Å²) in [5.74, 6) is -0.395. The van der Waals surface area contributed by atoms with E-state index in [0.29, 0.717) is 25.9 Å². The number of hydrogen-bond donors (Lipinski definition) is 2. The van der Waals surface area contributed by atoms with Crippen LogP contribution in [0.2, 0.25) is 0 Å². The number of primary amides is 1. The Bertz CT molecular complexity index is 352. The average molecular weight is 271 g/mol. The van der Waals surface area contributed by atoms with Gasteiger partial charge in [0.05, 0.1) is 0 Å². The highest BCUT2D eigenvalue weighted by Gasteiger charge is 2.32. The van der Waals surface area contributed by atoms with Gasteiger partial charge in [-0.05, 0) is 40.0 Å². The summed E-state index contributed by atoms with van der Waals surface area (Å²) in [5, 5.41) is 0. The minimum Gasteiger partial charge on any atom is -0.444 e. The predicted molar refractivity (Wildman–Crippen MR) is 72.4 cm³/mol. The maximum absolute atomic E-state index is 12.0. The summed E-state index contributed by atoms with van der Waals surface area (Å²) < 4.78 is 5.34. The molecule has 110 valence electrons. The maximum Gasteiger partial charge on any atom is 0.410 e. The molecule has 0 radical (unpaired) electrons. The van der Waals surface area contributed by atoms with E-state index in [1.54, 1.807) is 4.90 Å². The SMILES string of the molecule is CC(C)(C)OC(=O)N1CCCC(N)(CC(N)=O)CC1. The monoisotopic (exact) mass is 271 g/mol. The van der Waals surface area contributed by atoms with Gasteiger partial charge in [-0.1, -0.05) is 0 Å². The van der Waals surface area contributed by atoms with E-state index >= 15 is 0 Å². The quantitative estimate of drug-likeness (QED) is 0.782. The maximum atomic E-state index is 12.0. The summed E-state index contributed by atoms with van der Waals surface area (Å²) in [5.41, 5.74) is 10.3. The summed E-state index contributed by atoms with van der Waals surface area (Å²) in [6, 6.07) is 0. The van der Waals surface area contributed by atoms with Crippen LogP contribution in [0.5, 0.6) is 0 Å². The Morgan fingerprint density at radius 2 is 1.89 bits per heavy atom. The van der Waals surface area contributed by atoms with E-state index in [2.05, 4.69) is 0 Å². The second kappa shape index (κ2) is 5.77. The molecule has 1 fully saturated rings. The molecule has 0 aliphatic carbocycles. The van der Waals surface area contributed by atoms with Crippen LogP contribution in [0.25, 0.3) is 0 Å². The summed E-state index contributed by atoms with van der Waals surface area (Å²) in [4.78, 5) is 24.6. The van der Waals surface area contributed by atoms with Crippen molar-refractivity contribution in [3.63, 3.8) is 0 Å². The summed E-state index contributed by atoms with van der Waals surface area (Å²) in [6.07, 6.45) is 1.85. The third-order valence-corrected chi connectivity index (χ3v) is 3.16. The Labute approximate surface area is 114 Å². The summed E-state index contributed by atoms with van der Waals surface area (Å²) in [7, 11) is 0. The van der Waals surface area contributed by atoms with Gasteiger partial charge < -0.3 is 21.1 Å². The lowest BCUT2D eigenvalue weighted by molar-refractivity contribution is -0.119. The molecule has 1 saturated heterocycles. The zero-order chi connectivity index (χ0) is 14.7. The fraction of sp³-hybridized carbons (Fsp3) is 0.846. The number of likely N-dealkylation sites (tertiary alicyclic amines) is 1. The van der Waals surface area contributed by atoms with Gasteiger partial charge in [0, 0.05) is 25.0 Å². The lowest BCUT2D eigenvalue weighted by atomic mass is 9.88. The summed E-state index contributed by atoms with van der Waals surface area (Å²) >= 11 is 0. The van der Waals surface area contributed by atoms with Crippen LogP contribution in [0, 0.1) is 0 Å². The van der Waals surface area contributed by atoms with Crippen molar-refractivity contribution >= 4 is 12.0 Å². The van der Waals surface area contributed by atoms with Crippen molar-refractivity contribution < 1.29 is 14.3 Å². The molecule has 1 aliphatic heterocycles. The highest BCUT2D eigenvalue weighted by Crippen LogP contribution is 2.24. The molecule has 0 bridgehead atoms. The van der Waals surface area contributed by atoms with Gasteiger partial charge in [-0.15, -0.1) is 0 Å². The van der Waals surface area contributed by atoms with Gasteiger partial charge in [0.2, 0.25) is 5.91 Å².